The summed E-state index contributed by atoms with van der Waals surface area (Å²) in [4.78, 5) is 16.7. The summed E-state index contributed by atoms with van der Waals surface area (Å²) < 4.78 is 33.4. The summed E-state index contributed by atoms with van der Waals surface area (Å²) >= 11 is 0. The van der Waals surface area contributed by atoms with Gasteiger partial charge in [-0.05, 0) is 0 Å². The van der Waals surface area contributed by atoms with Crippen LogP contribution in [0.5, 0.6) is 0 Å². The summed E-state index contributed by atoms with van der Waals surface area (Å²) in [5.41, 5.74) is 6.33. The number of nitrogen functional groups attached to an aromatic ring is 1. The molecule has 0 unspecified atom stereocenters. The van der Waals surface area contributed by atoms with Gasteiger partial charge in [-0.15, -0.1) is 0 Å². The van der Waals surface area contributed by atoms with Crippen molar-refractivity contribution in [1.82, 2.24) is 19.7 Å². The molecule has 98 valence electrons. The topological polar surface area (TPSA) is 107 Å². The van der Waals surface area contributed by atoms with Crippen LogP contribution in [0.4, 0.5) is 19.0 Å². The Kier molecular flexibility index (Phi) is 3.69. The number of hydrogen-bond acceptors (Lipinski definition) is 5. The van der Waals surface area contributed by atoms with E-state index in [1.807, 2.05) is 7.05 Å². The summed E-state index contributed by atoms with van der Waals surface area (Å²) in [7, 11) is 1.81. The predicted molar refractivity (Wildman–Crippen MR) is 54.4 cm³/mol. The number of fused-ring (bicyclic) bond motifs is 1. The van der Waals surface area contributed by atoms with Crippen LogP contribution >= 0.6 is 0 Å². The lowest BCUT2D eigenvalue weighted by Gasteiger charge is -1.93. The number of carboxylic acid groups (broad SMARTS) is 1. The fraction of sp³-hybridized carbons (Fsp3) is 0.250. The molecule has 0 fully saturated rings. The number of carboxylic acids is 1. The molecule has 0 saturated carbocycles. The quantitative estimate of drug-likeness (QED) is 0.719. The number of carbonyl (C=O) groups is 1. The Hall–Kier alpha value is -2.39. The van der Waals surface area contributed by atoms with Crippen molar-refractivity contribution in [2.45, 2.75) is 6.18 Å². The number of hydrogen-bond donors (Lipinski definition) is 2. The minimum Gasteiger partial charge on any atom is -0.475 e. The summed E-state index contributed by atoms with van der Waals surface area (Å²) in [6.45, 7) is 0. The molecular formula is C8H8F3N5O2. The number of aromatic nitrogens is 4. The van der Waals surface area contributed by atoms with Crippen LogP contribution in [-0.4, -0.2) is 37.0 Å². The first-order valence-electron chi connectivity index (χ1n) is 4.41. The molecule has 0 radical (unpaired) electrons. The van der Waals surface area contributed by atoms with E-state index in [0.717, 1.165) is 11.0 Å². The largest absolute Gasteiger partial charge is 0.490 e. The molecule has 0 bridgehead atoms. The summed E-state index contributed by atoms with van der Waals surface area (Å²) in [5.74, 6) is -2.28. The van der Waals surface area contributed by atoms with Gasteiger partial charge >= 0.3 is 12.1 Å². The number of rotatable bonds is 0. The molecule has 0 saturated heterocycles. The van der Waals surface area contributed by atoms with Crippen molar-refractivity contribution in [2.24, 2.45) is 7.05 Å². The van der Waals surface area contributed by atoms with E-state index >= 15 is 0 Å². The van der Waals surface area contributed by atoms with Gasteiger partial charge in [0.25, 0.3) is 0 Å². The van der Waals surface area contributed by atoms with E-state index in [2.05, 4.69) is 15.1 Å². The van der Waals surface area contributed by atoms with Gasteiger partial charge in [0.15, 0.2) is 5.65 Å². The summed E-state index contributed by atoms with van der Waals surface area (Å²) in [6.07, 6.45) is -2.00. The van der Waals surface area contributed by atoms with E-state index < -0.39 is 12.1 Å². The molecule has 0 spiro atoms. The fourth-order valence-corrected chi connectivity index (χ4v) is 0.980. The summed E-state index contributed by atoms with van der Waals surface area (Å²) in [5, 5.41) is 11.9. The van der Waals surface area contributed by atoms with Crippen LogP contribution in [0.1, 0.15) is 0 Å². The van der Waals surface area contributed by atoms with Crippen LogP contribution in [0.25, 0.3) is 11.0 Å². The van der Waals surface area contributed by atoms with Crippen molar-refractivity contribution in [3.05, 3.63) is 12.5 Å². The average Bonchev–Trinajstić information content (AvgIpc) is 2.62. The van der Waals surface area contributed by atoms with Crippen LogP contribution in [0.2, 0.25) is 0 Å². The molecular weight excluding hydrogens is 255 g/mol. The smallest absolute Gasteiger partial charge is 0.475 e. The Morgan fingerprint density at radius 2 is 2.00 bits per heavy atom. The van der Waals surface area contributed by atoms with Crippen molar-refractivity contribution in [3.8, 4) is 0 Å². The molecule has 2 aromatic heterocycles. The van der Waals surface area contributed by atoms with Crippen molar-refractivity contribution in [1.29, 1.82) is 0 Å². The Labute approximate surface area is 98.1 Å². The van der Waals surface area contributed by atoms with Crippen LogP contribution in [-0.2, 0) is 11.8 Å². The lowest BCUT2D eigenvalue weighted by Crippen LogP contribution is -2.21. The van der Waals surface area contributed by atoms with Crippen molar-refractivity contribution in [3.63, 3.8) is 0 Å². The lowest BCUT2D eigenvalue weighted by atomic mass is 10.4. The van der Waals surface area contributed by atoms with Crippen molar-refractivity contribution >= 4 is 22.8 Å². The van der Waals surface area contributed by atoms with Gasteiger partial charge in [0.05, 0.1) is 11.6 Å². The number of alkyl halides is 3. The number of anilines is 1. The zero-order chi connectivity index (χ0) is 13.9. The highest BCUT2D eigenvalue weighted by atomic mass is 19.4. The number of aliphatic carboxylic acids is 1. The third-order valence-electron chi connectivity index (χ3n) is 1.80. The second-order valence-electron chi connectivity index (χ2n) is 3.07. The highest BCUT2D eigenvalue weighted by Crippen LogP contribution is 2.13. The van der Waals surface area contributed by atoms with Crippen molar-refractivity contribution < 1.29 is 23.1 Å². The molecule has 2 heterocycles. The molecule has 0 aliphatic rings. The van der Waals surface area contributed by atoms with Crippen molar-refractivity contribution in [2.75, 3.05) is 5.73 Å². The number of nitrogens with zero attached hydrogens (tertiary/aromatic N) is 4. The molecule has 0 atom stereocenters. The van der Waals surface area contributed by atoms with Gasteiger partial charge in [0.2, 0.25) is 0 Å². The van der Waals surface area contributed by atoms with Crippen LogP contribution in [0.15, 0.2) is 12.5 Å². The van der Waals surface area contributed by atoms with Gasteiger partial charge in [-0.3, -0.25) is 4.68 Å². The predicted octanol–water partition coefficient (Wildman–Crippen LogP) is 0.579. The fourth-order valence-electron chi connectivity index (χ4n) is 0.980. The molecule has 0 aromatic carbocycles. The average molecular weight is 263 g/mol. The molecule has 2 rings (SSSR count). The Balaban J connectivity index is 0.000000203. The highest BCUT2D eigenvalue weighted by molar-refractivity contribution is 5.84. The molecule has 10 heteroatoms. The first-order valence-corrected chi connectivity index (χ1v) is 4.41. The number of aryl methyl sites for hydroxylation is 1. The molecule has 3 N–H and O–H groups in total. The normalized spacial score (nSPS) is 10.9. The maximum absolute atomic E-state index is 10.6. The molecule has 2 aromatic rings. The van der Waals surface area contributed by atoms with Gasteiger partial charge in [0.1, 0.15) is 12.1 Å². The zero-order valence-corrected chi connectivity index (χ0v) is 9.01. The Bertz CT molecular complexity index is 565. The van der Waals surface area contributed by atoms with E-state index in [4.69, 9.17) is 15.6 Å². The minimum absolute atomic E-state index is 0.475. The summed E-state index contributed by atoms with van der Waals surface area (Å²) in [6, 6.07) is 0. The van der Waals surface area contributed by atoms with Gasteiger partial charge in [0, 0.05) is 7.05 Å². The second-order valence-corrected chi connectivity index (χ2v) is 3.07. The maximum Gasteiger partial charge on any atom is 0.490 e. The third kappa shape index (κ3) is 3.06. The lowest BCUT2D eigenvalue weighted by molar-refractivity contribution is -0.192. The molecule has 18 heavy (non-hydrogen) atoms. The molecule has 0 amide bonds. The number of nitrogens with two attached hydrogens (primary N) is 1. The van der Waals surface area contributed by atoms with Gasteiger partial charge in [-0.25, -0.2) is 14.8 Å². The van der Waals surface area contributed by atoms with Gasteiger partial charge in [-0.1, -0.05) is 0 Å². The van der Waals surface area contributed by atoms with Crippen LogP contribution < -0.4 is 5.73 Å². The van der Waals surface area contributed by atoms with Gasteiger partial charge < -0.3 is 10.8 Å². The molecule has 0 aliphatic carbocycles. The SMILES string of the molecule is Cn1ncc2c(N)ncnc21.O=C(O)C(F)(F)F. The van der Waals surface area contributed by atoms with E-state index in [-0.39, 0.29) is 0 Å². The van der Waals surface area contributed by atoms with Crippen LogP contribution in [0, 0.1) is 0 Å². The molecule has 0 aliphatic heterocycles. The zero-order valence-electron chi connectivity index (χ0n) is 9.01. The van der Waals surface area contributed by atoms with Gasteiger partial charge in [-0.2, -0.15) is 18.3 Å². The monoisotopic (exact) mass is 263 g/mol. The Morgan fingerprint density at radius 3 is 2.44 bits per heavy atom. The minimum atomic E-state index is -5.08. The molecule has 7 nitrogen and oxygen atoms in total. The van der Waals surface area contributed by atoms with E-state index in [1.165, 1.54) is 6.33 Å². The third-order valence-corrected chi connectivity index (χ3v) is 1.80. The highest BCUT2D eigenvalue weighted by Gasteiger charge is 2.38. The van der Waals surface area contributed by atoms with E-state index in [1.54, 1.807) is 10.9 Å². The second kappa shape index (κ2) is 4.85. The number of halogens is 3. The Morgan fingerprint density at radius 1 is 1.44 bits per heavy atom. The van der Waals surface area contributed by atoms with Crippen LogP contribution in [0.3, 0.4) is 0 Å². The van der Waals surface area contributed by atoms with E-state index in [9.17, 15) is 13.2 Å². The first kappa shape index (κ1) is 13.7. The standard InChI is InChI=1S/C6H7N5.C2HF3O2/c1-11-6-4(2-10-11)5(7)8-3-9-6;3-2(4,5)1(6)7/h2-3H,1H3,(H2,7,8,9);(H,6,7). The first-order chi connectivity index (χ1) is 8.23. The van der Waals surface area contributed by atoms with E-state index in [0.29, 0.717) is 5.82 Å². The maximum atomic E-state index is 10.6.